The largest absolute Gasteiger partial charge is 0.468 e. The lowest BCUT2D eigenvalue weighted by Gasteiger charge is -2.07. The minimum Gasteiger partial charge on any atom is -0.468 e. The van der Waals surface area contributed by atoms with E-state index >= 15 is 0 Å². The number of hydrogen-bond acceptors (Lipinski definition) is 3. The van der Waals surface area contributed by atoms with E-state index in [1.54, 1.807) is 0 Å². The van der Waals surface area contributed by atoms with E-state index in [-0.39, 0.29) is 6.79 Å². The quantitative estimate of drug-likeness (QED) is 0.586. The summed E-state index contributed by atoms with van der Waals surface area (Å²) in [5.41, 5.74) is 2.11. The van der Waals surface area contributed by atoms with Crippen molar-refractivity contribution in [1.29, 1.82) is 5.26 Å². The van der Waals surface area contributed by atoms with Crippen LogP contribution in [0.15, 0.2) is 54.6 Å². The van der Waals surface area contributed by atoms with Gasteiger partial charge in [0.25, 0.3) is 0 Å². The van der Waals surface area contributed by atoms with Gasteiger partial charge in [-0.3, -0.25) is 0 Å². The number of hydrogen-bond donors (Lipinski definition) is 0. The van der Waals surface area contributed by atoms with Crippen molar-refractivity contribution in [3.63, 3.8) is 0 Å². The van der Waals surface area contributed by atoms with E-state index in [1.807, 2.05) is 54.6 Å². The van der Waals surface area contributed by atoms with Crippen LogP contribution in [0.5, 0.6) is 5.75 Å². The van der Waals surface area contributed by atoms with Gasteiger partial charge in [0, 0.05) is 0 Å². The van der Waals surface area contributed by atoms with Gasteiger partial charge in [-0.1, -0.05) is 42.5 Å². The van der Waals surface area contributed by atoms with Gasteiger partial charge in [0.15, 0.2) is 6.79 Å². The van der Waals surface area contributed by atoms with Crippen molar-refractivity contribution in [2.45, 2.75) is 13.0 Å². The van der Waals surface area contributed by atoms with Crippen LogP contribution in [0, 0.1) is 11.3 Å². The number of benzene rings is 2. The average molecular weight is 253 g/mol. The second-order valence-electron chi connectivity index (χ2n) is 4.08. The van der Waals surface area contributed by atoms with Gasteiger partial charge in [-0.2, -0.15) is 5.26 Å². The Kier molecular flexibility index (Phi) is 4.97. The van der Waals surface area contributed by atoms with Crippen LogP contribution in [0.25, 0.3) is 0 Å². The van der Waals surface area contributed by atoms with E-state index in [2.05, 4.69) is 6.07 Å². The molecule has 96 valence electrons. The molecule has 0 atom stereocenters. The standard InChI is InChI=1S/C16H15NO2/c17-11-10-14-6-8-16(9-7-14)19-13-18-12-15-4-2-1-3-5-15/h1-9H,10,12-13H2. The fourth-order valence-corrected chi connectivity index (χ4v) is 1.64. The van der Waals surface area contributed by atoms with Gasteiger partial charge in [-0.05, 0) is 23.3 Å². The van der Waals surface area contributed by atoms with E-state index in [4.69, 9.17) is 14.7 Å². The summed E-state index contributed by atoms with van der Waals surface area (Å²) in [6, 6.07) is 19.5. The summed E-state index contributed by atoms with van der Waals surface area (Å²) >= 11 is 0. The monoisotopic (exact) mass is 253 g/mol. The summed E-state index contributed by atoms with van der Waals surface area (Å²) in [6.07, 6.45) is 0.421. The number of rotatable bonds is 6. The van der Waals surface area contributed by atoms with Gasteiger partial charge in [0.2, 0.25) is 0 Å². The van der Waals surface area contributed by atoms with Crippen LogP contribution in [0.4, 0.5) is 0 Å². The zero-order valence-corrected chi connectivity index (χ0v) is 10.6. The van der Waals surface area contributed by atoms with Crippen LogP contribution in [0.3, 0.4) is 0 Å². The van der Waals surface area contributed by atoms with Crippen LogP contribution in [0.2, 0.25) is 0 Å². The molecule has 0 fully saturated rings. The van der Waals surface area contributed by atoms with Gasteiger partial charge < -0.3 is 9.47 Å². The molecule has 2 aromatic rings. The zero-order valence-electron chi connectivity index (χ0n) is 10.6. The van der Waals surface area contributed by atoms with Crippen LogP contribution in [-0.2, 0) is 17.8 Å². The van der Waals surface area contributed by atoms with Gasteiger partial charge >= 0.3 is 0 Å². The van der Waals surface area contributed by atoms with Crippen LogP contribution >= 0.6 is 0 Å². The Morgan fingerprint density at radius 3 is 2.32 bits per heavy atom. The Balaban J connectivity index is 1.72. The second kappa shape index (κ2) is 7.20. The highest BCUT2D eigenvalue weighted by atomic mass is 16.7. The Morgan fingerprint density at radius 2 is 1.63 bits per heavy atom. The zero-order chi connectivity index (χ0) is 13.3. The average Bonchev–Trinajstić information content (AvgIpc) is 2.47. The van der Waals surface area contributed by atoms with E-state index in [1.165, 1.54) is 0 Å². The molecule has 0 spiro atoms. The molecule has 0 N–H and O–H groups in total. The van der Waals surface area contributed by atoms with Crippen molar-refractivity contribution in [1.82, 2.24) is 0 Å². The van der Waals surface area contributed by atoms with Crippen LogP contribution < -0.4 is 4.74 Å². The van der Waals surface area contributed by atoms with Crippen molar-refractivity contribution in [3.8, 4) is 11.8 Å². The molecule has 2 rings (SSSR count). The highest BCUT2D eigenvalue weighted by Crippen LogP contribution is 2.12. The predicted molar refractivity (Wildman–Crippen MR) is 72.5 cm³/mol. The van der Waals surface area contributed by atoms with E-state index in [9.17, 15) is 0 Å². The molecular formula is C16H15NO2. The first kappa shape index (κ1) is 13.1. The summed E-state index contributed by atoms with van der Waals surface area (Å²) < 4.78 is 10.9. The molecule has 3 heteroatoms. The van der Waals surface area contributed by atoms with Crippen LogP contribution in [0.1, 0.15) is 11.1 Å². The van der Waals surface area contributed by atoms with Crippen molar-refractivity contribution in [2.24, 2.45) is 0 Å². The van der Waals surface area contributed by atoms with Gasteiger partial charge in [0.1, 0.15) is 5.75 Å². The molecule has 0 saturated heterocycles. The Hall–Kier alpha value is -2.31. The normalized spacial score (nSPS) is 9.84. The van der Waals surface area contributed by atoms with E-state index < -0.39 is 0 Å². The third-order valence-corrected chi connectivity index (χ3v) is 2.63. The third kappa shape index (κ3) is 4.46. The molecule has 0 saturated carbocycles. The van der Waals surface area contributed by atoms with E-state index in [0.29, 0.717) is 13.0 Å². The first-order valence-corrected chi connectivity index (χ1v) is 6.09. The number of nitrogens with zero attached hydrogens (tertiary/aromatic N) is 1. The van der Waals surface area contributed by atoms with Gasteiger partial charge in [-0.15, -0.1) is 0 Å². The molecule has 3 nitrogen and oxygen atoms in total. The molecule has 0 radical (unpaired) electrons. The highest BCUT2D eigenvalue weighted by Gasteiger charge is 1.96. The Bertz CT molecular complexity index is 529. The SMILES string of the molecule is N#CCc1ccc(OCOCc2ccccc2)cc1. The maximum Gasteiger partial charge on any atom is 0.189 e. The Labute approximate surface area is 113 Å². The topological polar surface area (TPSA) is 42.2 Å². The Morgan fingerprint density at radius 1 is 0.895 bits per heavy atom. The fraction of sp³-hybridized carbons (Fsp3) is 0.188. The molecular weight excluding hydrogens is 238 g/mol. The summed E-state index contributed by atoms with van der Waals surface area (Å²) in [4.78, 5) is 0. The van der Waals surface area contributed by atoms with Crippen molar-refractivity contribution in [3.05, 3.63) is 65.7 Å². The maximum atomic E-state index is 8.57. The lowest BCUT2D eigenvalue weighted by Crippen LogP contribution is -2.02. The molecule has 0 amide bonds. The lowest BCUT2D eigenvalue weighted by molar-refractivity contribution is 0.00504. The smallest absolute Gasteiger partial charge is 0.189 e. The van der Waals surface area contributed by atoms with Gasteiger partial charge in [-0.25, -0.2) is 0 Å². The molecule has 2 aromatic carbocycles. The third-order valence-electron chi connectivity index (χ3n) is 2.63. The summed E-state index contributed by atoms with van der Waals surface area (Å²) in [6.45, 7) is 0.750. The maximum absolute atomic E-state index is 8.57. The summed E-state index contributed by atoms with van der Waals surface area (Å²) in [7, 11) is 0. The molecule has 0 bridgehead atoms. The summed E-state index contributed by atoms with van der Waals surface area (Å²) in [5, 5.41) is 8.57. The summed E-state index contributed by atoms with van der Waals surface area (Å²) in [5.74, 6) is 0.745. The molecule has 0 aliphatic rings. The number of nitriles is 1. The molecule has 0 aliphatic heterocycles. The molecule has 19 heavy (non-hydrogen) atoms. The minimum atomic E-state index is 0.215. The molecule has 0 heterocycles. The van der Waals surface area contributed by atoms with Crippen LogP contribution in [-0.4, -0.2) is 6.79 Å². The highest BCUT2D eigenvalue weighted by molar-refractivity contribution is 5.28. The minimum absolute atomic E-state index is 0.215. The lowest BCUT2D eigenvalue weighted by atomic mass is 10.2. The van der Waals surface area contributed by atoms with Crippen molar-refractivity contribution in [2.75, 3.05) is 6.79 Å². The molecule has 0 aliphatic carbocycles. The van der Waals surface area contributed by atoms with Gasteiger partial charge in [0.05, 0.1) is 19.1 Å². The fourth-order valence-electron chi connectivity index (χ4n) is 1.64. The van der Waals surface area contributed by atoms with Crippen molar-refractivity contribution >= 4 is 0 Å². The van der Waals surface area contributed by atoms with E-state index in [0.717, 1.165) is 16.9 Å². The first-order valence-electron chi connectivity index (χ1n) is 6.09. The first-order chi connectivity index (χ1) is 9.38. The molecule has 0 aromatic heterocycles. The predicted octanol–water partition coefficient (Wildman–Crippen LogP) is 3.31. The number of ether oxygens (including phenoxy) is 2. The molecule has 0 unspecified atom stereocenters. The second-order valence-corrected chi connectivity index (χ2v) is 4.08. The van der Waals surface area contributed by atoms with Crippen molar-refractivity contribution < 1.29 is 9.47 Å².